The van der Waals surface area contributed by atoms with E-state index >= 15 is 14.4 Å². The lowest BCUT2D eigenvalue weighted by molar-refractivity contribution is -0.179. The smallest absolute Gasteiger partial charge is 0.421 e. The van der Waals surface area contributed by atoms with Crippen LogP contribution in [0.4, 0.5) is 10.5 Å². The number of hydrogen-bond acceptors (Lipinski definition) is 10. The number of imide groups is 1. The van der Waals surface area contributed by atoms with Gasteiger partial charge in [0.15, 0.2) is 0 Å². The van der Waals surface area contributed by atoms with Gasteiger partial charge in [-0.1, -0.05) is 116 Å². The van der Waals surface area contributed by atoms with Gasteiger partial charge in [-0.15, -0.1) is 0 Å². The number of benzene rings is 4. The molecule has 12 nitrogen and oxygen atoms in total. The van der Waals surface area contributed by atoms with E-state index in [2.05, 4.69) is 0 Å². The van der Waals surface area contributed by atoms with Crippen molar-refractivity contribution in [2.24, 2.45) is 5.92 Å². The summed E-state index contributed by atoms with van der Waals surface area (Å²) in [6.07, 6.45) is 2.75. The second-order valence-electron chi connectivity index (χ2n) is 15.2. The van der Waals surface area contributed by atoms with E-state index in [4.69, 9.17) is 18.9 Å². The fourth-order valence-corrected chi connectivity index (χ4v) is 9.73. The van der Waals surface area contributed by atoms with Gasteiger partial charge in [-0.05, 0) is 41.7 Å². The van der Waals surface area contributed by atoms with E-state index in [1.165, 1.54) is 7.11 Å². The summed E-state index contributed by atoms with van der Waals surface area (Å²) in [6, 6.07) is 30.3. The van der Waals surface area contributed by atoms with Crippen LogP contribution in [0.5, 0.6) is 5.75 Å². The van der Waals surface area contributed by atoms with Gasteiger partial charge >= 0.3 is 12.1 Å². The molecule has 4 heterocycles. The van der Waals surface area contributed by atoms with Crippen molar-refractivity contribution < 1.29 is 43.2 Å². The van der Waals surface area contributed by atoms with Crippen LogP contribution in [-0.4, -0.2) is 91.5 Å². The van der Waals surface area contributed by atoms with Crippen LogP contribution >= 0.6 is 0 Å². The number of hydrogen-bond donors (Lipinski definition) is 1. The van der Waals surface area contributed by atoms with Crippen LogP contribution in [0.3, 0.4) is 0 Å². The Morgan fingerprint density at radius 3 is 2.10 bits per heavy atom. The average Bonchev–Trinajstić information content (AvgIpc) is 3.69. The molecule has 4 aromatic rings. The van der Waals surface area contributed by atoms with E-state index in [9.17, 15) is 9.90 Å². The first kappa shape index (κ1) is 39.3. The SMILES string of the molecule is COCCOC(=O)N1C(=O)C2(c3ccccc31)C(C(=O)N1CCCCCCC1)C1C(=O)OC(c3ccccc3)C(c3ccccc3)N1C2c1ccccc1OCCO. The molecule has 6 atom stereocenters. The molecule has 0 aromatic heterocycles. The summed E-state index contributed by atoms with van der Waals surface area (Å²) in [5.74, 6) is -2.66. The highest BCUT2D eigenvalue weighted by Crippen LogP contribution is 2.66. The van der Waals surface area contributed by atoms with Crippen molar-refractivity contribution in [3.63, 3.8) is 0 Å². The van der Waals surface area contributed by atoms with E-state index < -0.39 is 53.5 Å². The molecule has 8 rings (SSSR count). The van der Waals surface area contributed by atoms with Gasteiger partial charge in [0.25, 0.3) is 0 Å². The third kappa shape index (κ3) is 6.72. The Labute approximate surface area is 338 Å². The van der Waals surface area contributed by atoms with Crippen molar-refractivity contribution in [1.82, 2.24) is 9.80 Å². The summed E-state index contributed by atoms with van der Waals surface area (Å²) in [5, 5.41) is 9.95. The van der Waals surface area contributed by atoms with Gasteiger partial charge in [-0.25, -0.2) is 9.69 Å². The Bertz CT molecular complexity index is 2110. The minimum Gasteiger partial charge on any atom is -0.491 e. The first-order valence-electron chi connectivity index (χ1n) is 20.2. The van der Waals surface area contributed by atoms with E-state index in [1.807, 2.05) is 82.6 Å². The third-order valence-corrected chi connectivity index (χ3v) is 12.1. The van der Waals surface area contributed by atoms with Gasteiger partial charge in [0.1, 0.15) is 36.5 Å². The maximum absolute atomic E-state index is 16.1. The molecule has 0 saturated carbocycles. The molecule has 0 radical (unpaired) electrons. The number of aliphatic hydroxyl groups is 1. The molecular weight excluding hydrogens is 739 g/mol. The number of likely N-dealkylation sites (tertiary alicyclic amines) is 1. The monoisotopic (exact) mass is 787 g/mol. The number of carbonyl (C=O) groups excluding carboxylic acids is 4. The lowest BCUT2D eigenvalue weighted by atomic mass is 9.65. The first-order valence-corrected chi connectivity index (χ1v) is 20.2. The number of carbonyl (C=O) groups is 4. The molecule has 0 bridgehead atoms. The summed E-state index contributed by atoms with van der Waals surface area (Å²) < 4.78 is 23.6. The van der Waals surface area contributed by atoms with E-state index in [0.29, 0.717) is 30.0 Å². The van der Waals surface area contributed by atoms with E-state index in [1.54, 1.807) is 36.4 Å². The second kappa shape index (κ2) is 17.1. The van der Waals surface area contributed by atoms with Gasteiger partial charge < -0.3 is 29.0 Å². The fourth-order valence-electron chi connectivity index (χ4n) is 9.73. The summed E-state index contributed by atoms with van der Waals surface area (Å²) >= 11 is 0. The van der Waals surface area contributed by atoms with E-state index in [0.717, 1.165) is 48.1 Å². The Morgan fingerprint density at radius 1 is 0.759 bits per heavy atom. The number of esters is 1. The Kier molecular flexibility index (Phi) is 11.6. The average molecular weight is 788 g/mol. The topological polar surface area (TPSA) is 135 Å². The van der Waals surface area contributed by atoms with Crippen molar-refractivity contribution in [2.45, 2.75) is 61.7 Å². The number of nitrogens with zero attached hydrogens (tertiary/aromatic N) is 3. The molecule has 4 aliphatic rings. The lowest BCUT2D eigenvalue weighted by Gasteiger charge is -2.46. The normalized spacial score (nSPS) is 25.7. The van der Waals surface area contributed by atoms with Crippen molar-refractivity contribution in [2.75, 3.05) is 51.5 Å². The molecule has 3 saturated heterocycles. The number of fused-ring (bicyclic) bond motifs is 3. The highest BCUT2D eigenvalue weighted by molar-refractivity contribution is 6.23. The number of anilines is 1. The number of morpholine rings is 1. The molecule has 4 aliphatic heterocycles. The minimum absolute atomic E-state index is 0.0461. The molecule has 6 unspecified atom stereocenters. The largest absolute Gasteiger partial charge is 0.491 e. The van der Waals surface area contributed by atoms with Crippen molar-refractivity contribution in [3.05, 3.63) is 131 Å². The van der Waals surface area contributed by atoms with Gasteiger partial charge in [0.05, 0.1) is 36.9 Å². The Balaban J connectivity index is 1.45. The van der Waals surface area contributed by atoms with Crippen LogP contribution in [0.1, 0.15) is 72.5 Å². The highest BCUT2D eigenvalue weighted by atomic mass is 16.6. The molecule has 58 heavy (non-hydrogen) atoms. The summed E-state index contributed by atoms with van der Waals surface area (Å²) in [5.41, 5.74) is 0.864. The van der Waals surface area contributed by atoms with Crippen molar-refractivity contribution in [1.29, 1.82) is 0 Å². The number of para-hydroxylation sites is 2. The van der Waals surface area contributed by atoms with Crippen LogP contribution in [0, 0.1) is 5.92 Å². The molecular formula is C46H49N3O9. The summed E-state index contributed by atoms with van der Waals surface area (Å²) in [6.45, 7) is 0.598. The van der Waals surface area contributed by atoms with Gasteiger partial charge in [-0.3, -0.25) is 19.3 Å². The molecule has 4 aromatic carbocycles. The zero-order valence-electron chi connectivity index (χ0n) is 32.6. The maximum Gasteiger partial charge on any atom is 0.421 e. The molecule has 1 N–H and O–H groups in total. The molecule has 3 fully saturated rings. The van der Waals surface area contributed by atoms with Crippen molar-refractivity contribution in [3.8, 4) is 5.75 Å². The third-order valence-electron chi connectivity index (χ3n) is 12.1. The number of amides is 3. The van der Waals surface area contributed by atoms with Crippen LogP contribution in [0.25, 0.3) is 0 Å². The number of cyclic esters (lactones) is 1. The van der Waals surface area contributed by atoms with E-state index in [-0.39, 0.29) is 38.0 Å². The highest BCUT2D eigenvalue weighted by Gasteiger charge is 2.76. The van der Waals surface area contributed by atoms with Crippen LogP contribution < -0.4 is 9.64 Å². The molecule has 3 amide bonds. The first-order chi connectivity index (χ1) is 28.4. The quantitative estimate of drug-likeness (QED) is 0.144. The zero-order valence-corrected chi connectivity index (χ0v) is 32.6. The van der Waals surface area contributed by atoms with Crippen LogP contribution in [-0.2, 0) is 34.0 Å². The standard InChI is InChI=1S/C46H49N3O9/c1-55-29-30-57-45(54)48-35-23-13-12-22-34(35)46(44(48)53)37(42(51)47-25-15-3-2-4-16-26-47)39-43(52)58-40(32-19-9-6-10-20-32)38(31-17-7-5-8-18-31)49(39)41(46)33-21-11-14-24-36(33)56-28-27-50/h5-14,17-24,37-41,50H,2-4,15-16,25-30H2,1H3. The zero-order chi connectivity index (χ0) is 40.2. The number of ether oxygens (including phenoxy) is 4. The molecule has 302 valence electrons. The number of methoxy groups -OCH3 is 1. The maximum atomic E-state index is 16.1. The van der Waals surface area contributed by atoms with Crippen molar-refractivity contribution >= 4 is 29.6 Å². The summed E-state index contributed by atoms with van der Waals surface area (Å²) in [4.78, 5) is 66.2. The second-order valence-corrected chi connectivity index (χ2v) is 15.2. The Hall–Kier alpha value is -5.56. The summed E-state index contributed by atoms with van der Waals surface area (Å²) in [7, 11) is 1.49. The lowest BCUT2D eigenvalue weighted by Crippen LogP contribution is -2.56. The molecule has 12 heteroatoms. The van der Waals surface area contributed by atoms with Crippen LogP contribution in [0.2, 0.25) is 0 Å². The predicted molar refractivity (Wildman–Crippen MR) is 214 cm³/mol. The minimum atomic E-state index is -1.88. The van der Waals surface area contributed by atoms with Gasteiger partial charge in [-0.2, -0.15) is 0 Å². The number of rotatable bonds is 10. The fraction of sp³-hybridized carbons (Fsp3) is 0.391. The predicted octanol–water partition coefficient (Wildman–Crippen LogP) is 6.30. The Morgan fingerprint density at radius 2 is 1.40 bits per heavy atom. The van der Waals surface area contributed by atoms with Gasteiger partial charge in [0.2, 0.25) is 11.8 Å². The van der Waals surface area contributed by atoms with Crippen LogP contribution in [0.15, 0.2) is 109 Å². The molecule has 0 aliphatic carbocycles. The van der Waals surface area contributed by atoms with Gasteiger partial charge in [0, 0.05) is 25.8 Å². The number of aliphatic hydroxyl groups excluding tert-OH is 1. The molecule has 1 spiro atoms.